The zero-order chi connectivity index (χ0) is 18.0. The Labute approximate surface area is 147 Å². The molecule has 1 heterocycles. The maximum Gasteiger partial charge on any atom is 0.325 e. The lowest BCUT2D eigenvalue weighted by atomic mass is 9.99. The first-order valence-electron chi connectivity index (χ1n) is 8.61. The Morgan fingerprint density at radius 1 is 1.36 bits per heavy atom. The van der Waals surface area contributed by atoms with Crippen LogP contribution in [0.25, 0.3) is 11.1 Å². The number of rotatable bonds is 7. The van der Waals surface area contributed by atoms with Crippen molar-refractivity contribution in [3.05, 3.63) is 41.7 Å². The summed E-state index contributed by atoms with van der Waals surface area (Å²) in [7, 11) is 0. The Morgan fingerprint density at radius 3 is 2.76 bits per heavy atom. The van der Waals surface area contributed by atoms with Gasteiger partial charge in [0.1, 0.15) is 6.54 Å². The number of amides is 1. The molecule has 1 fully saturated rings. The summed E-state index contributed by atoms with van der Waals surface area (Å²) in [6, 6.07) is 6.13. The number of carbonyl (C=O) groups excluding carboxylic acids is 1. The van der Waals surface area contributed by atoms with Gasteiger partial charge >= 0.3 is 5.97 Å². The highest BCUT2D eigenvalue weighted by Gasteiger charge is 2.33. The molecule has 6 nitrogen and oxygen atoms in total. The third-order valence-corrected chi connectivity index (χ3v) is 4.48. The van der Waals surface area contributed by atoms with Gasteiger partial charge < -0.3 is 10.0 Å². The third-order valence-electron chi connectivity index (χ3n) is 4.48. The number of aliphatic carboxylic acids is 1. The van der Waals surface area contributed by atoms with Crippen LogP contribution in [0, 0.1) is 12.8 Å². The molecule has 0 bridgehead atoms. The summed E-state index contributed by atoms with van der Waals surface area (Å²) in [4.78, 5) is 25.2. The molecular formula is C19H23N3O3. The molecule has 25 heavy (non-hydrogen) atoms. The van der Waals surface area contributed by atoms with Crippen LogP contribution in [0.15, 0.2) is 30.6 Å². The molecule has 0 spiro atoms. The molecule has 1 aromatic heterocycles. The first kappa shape index (κ1) is 17.2. The summed E-state index contributed by atoms with van der Waals surface area (Å²) < 4.78 is 1.41. The lowest BCUT2D eigenvalue weighted by Crippen LogP contribution is -2.31. The average molecular weight is 341 g/mol. The van der Waals surface area contributed by atoms with E-state index in [0.29, 0.717) is 13.1 Å². The fourth-order valence-electron chi connectivity index (χ4n) is 3.00. The van der Waals surface area contributed by atoms with E-state index < -0.39 is 5.97 Å². The van der Waals surface area contributed by atoms with Crippen molar-refractivity contribution in [1.82, 2.24) is 14.7 Å². The number of aryl methyl sites for hydroxylation is 1. The summed E-state index contributed by atoms with van der Waals surface area (Å²) >= 11 is 0. The molecule has 1 aromatic carbocycles. The van der Waals surface area contributed by atoms with Crippen LogP contribution in [0.5, 0.6) is 0 Å². The van der Waals surface area contributed by atoms with Gasteiger partial charge in [0, 0.05) is 30.8 Å². The number of carboxylic acids is 1. The summed E-state index contributed by atoms with van der Waals surface area (Å²) in [5.74, 6) is -0.492. The fourth-order valence-corrected chi connectivity index (χ4v) is 3.00. The molecule has 6 heteroatoms. The van der Waals surface area contributed by atoms with Crippen LogP contribution in [-0.2, 0) is 22.7 Å². The van der Waals surface area contributed by atoms with Crippen LogP contribution in [0.4, 0.5) is 0 Å². The van der Waals surface area contributed by atoms with Gasteiger partial charge in [-0.05, 0) is 37.8 Å². The maximum atomic E-state index is 12.4. The molecule has 1 aliphatic carbocycles. The van der Waals surface area contributed by atoms with Crippen molar-refractivity contribution in [1.29, 1.82) is 0 Å². The number of nitrogens with zero attached hydrogens (tertiary/aromatic N) is 3. The van der Waals surface area contributed by atoms with Crippen molar-refractivity contribution in [2.75, 3.05) is 6.54 Å². The van der Waals surface area contributed by atoms with Gasteiger partial charge in [-0.15, -0.1) is 0 Å². The van der Waals surface area contributed by atoms with Gasteiger partial charge in [0.15, 0.2) is 0 Å². The van der Waals surface area contributed by atoms with Gasteiger partial charge in [0.25, 0.3) is 0 Å². The SMILES string of the molecule is CCN(Cc1cc(C)ccc1-c1cnn(CC(=O)O)c1)C(=O)C1CC1. The molecule has 0 saturated heterocycles. The van der Waals surface area contributed by atoms with E-state index in [1.165, 1.54) is 4.68 Å². The highest BCUT2D eigenvalue weighted by molar-refractivity contribution is 5.81. The Bertz CT molecular complexity index is 793. The summed E-state index contributed by atoms with van der Waals surface area (Å²) in [5, 5.41) is 13.0. The lowest BCUT2D eigenvalue weighted by molar-refractivity contribution is -0.138. The average Bonchev–Trinajstić information content (AvgIpc) is 3.32. The van der Waals surface area contributed by atoms with Gasteiger partial charge in [-0.1, -0.05) is 23.8 Å². The summed E-state index contributed by atoms with van der Waals surface area (Å²) in [5.41, 5.74) is 4.05. The first-order chi connectivity index (χ1) is 12.0. The van der Waals surface area contributed by atoms with E-state index in [2.05, 4.69) is 11.2 Å². The minimum absolute atomic E-state index is 0.164. The first-order valence-corrected chi connectivity index (χ1v) is 8.61. The van der Waals surface area contributed by atoms with E-state index in [4.69, 9.17) is 5.11 Å². The van der Waals surface area contributed by atoms with Crippen LogP contribution in [0.3, 0.4) is 0 Å². The van der Waals surface area contributed by atoms with Crippen LogP contribution in [0.2, 0.25) is 0 Å². The molecule has 1 saturated carbocycles. The highest BCUT2D eigenvalue weighted by Crippen LogP contribution is 2.32. The Balaban J connectivity index is 1.88. The second-order valence-electron chi connectivity index (χ2n) is 6.61. The zero-order valence-electron chi connectivity index (χ0n) is 14.6. The number of hydrogen-bond donors (Lipinski definition) is 1. The number of carbonyl (C=O) groups is 2. The highest BCUT2D eigenvalue weighted by atomic mass is 16.4. The molecule has 132 valence electrons. The Morgan fingerprint density at radius 2 is 2.12 bits per heavy atom. The second-order valence-corrected chi connectivity index (χ2v) is 6.61. The van der Waals surface area contributed by atoms with E-state index in [1.54, 1.807) is 12.4 Å². The maximum absolute atomic E-state index is 12.4. The molecular weight excluding hydrogens is 318 g/mol. The molecule has 2 aromatic rings. The second kappa shape index (κ2) is 7.09. The monoisotopic (exact) mass is 341 g/mol. The topological polar surface area (TPSA) is 75.4 Å². The Kier molecular flexibility index (Phi) is 4.88. The molecule has 0 aliphatic heterocycles. The van der Waals surface area contributed by atoms with Gasteiger partial charge in [-0.25, -0.2) is 0 Å². The van der Waals surface area contributed by atoms with Gasteiger partial charge in [0.2, 0.25) is 5.91 Å². The minimum Gasteiger partial charge on any atom is -0.480 e. The Hall–Kier alpha value is -2.63. The molecule has 1 N–H and O–H groups in total. The van der Waals surface area contributed by atoms with E-state index in [0.717, 1.165) is 35.1 Å². The third kappa shape index (κ3) is 4.07. The number of benzene rings is 1. The number of hydrogen-bond acceptors (Lipinski definition) is 3. The molecule has 0 atom stereocenters. The van der Waals surface area contributed by atoms with Crippen molar-refractivity contribution in [2.45, 2.75) is 39.8 Å². The largest absolute Gasteiger partial charge is 0.480 e. The van der Waals surface area contributed by atoms with E-state index in [9.17, 15) is 9.59 Å². The molecule has 3 rings (SSSR count). The smallest absolute Gasteiger partial charge is 0.325 e. The van der Waals surface area contributed by atoms with Crippen molar-refractivity contribution in [3.8, 4) is 11.1 Å². The summed E-state index contributed by atoms with van der Waals surface area (Å²) in [6.45, 7) is 5.11. The van der Waals surface area contributed by atoms with Gasteiger partial charge in [-0.2, -0.15) is 5.10 Å². The fraction of sp³-hybridized carbons (Fsp3) is 0.421. The molecule has 1 aliphatic rings. The van der Waals surface area contributed by atoms with E-state index >= 15 is 0 Å². The predicted octanol–water partition coefficient (Wildman–Crippen LogP) is 2.70. The van der Waals surface area contributed by atoms with Gasteiger partial charge in [0.05, 0.1) is 6.20 Å². The van der Waals surface area contributed by atoms with Crippen molar-refractivity contribution < 1.29 is 14.7 Å². The number of carboxylic acid groups (broad SMARTS) is 1. The van der Waals surface area contributed by atoms with E-state index in [-0.39, 0.29) is 18.4 Å². The standard InChI is InChI=1S/C19H23N3O3/c1-3-21(19(25)14-5-6-14)10-15-8-13(2)4-7-17(15)16-9-20-22(11-16)12-18(23)24/h4,7-9,11,14H,3,5-6,10,12H2,1-2H3,(H,23,24). The zero-order valence-corrected chi connectivity index (χ0v) is 14.6. The molecule has 0 radical (unpaired) electrons. The summed E-state index contributed by atoms with van der Waals surface area (Å²) in [6.07, 6.45) is 5.41. The predicted molar refractivity (Wildman–Crippen MR) is 93.9 cm³/mol. The molecule has 1 amide bonds. The number of aromatic nitrogens is 2. The normalized spacial score (nSPS) is 13.7. The van der Waals surface area contributed by atoms with E-state index in [1.807, 2.05) is 30.9 Å². The van der Waals surface area contributed by atoms with Crippen molar-refractivity contribution in [3.63, 3.8) is 0 Å². The van der Waals surface area contributed by atoms with Crippen LogP contribution in [0.1, 0.15) is 30.9 Å². The van der Waals surface area contributed by atoms with Crippen LogP contribution < -0.4 is 0 Å². The van der Waals surface area contributed by atoms with Crippen LogP contribution in [-0.4, -0.2) is 38.2 Å². The van der Waals surface area contributed by atoms with Crippen molar-refractivity contribution in [2.24, 2.45) is 5.92 Å². The van der Waals surface area contributed by atoms with Crippen molar-refractivity contribution >= 4 is 11.9 Å². The lowest BCUT2D eigenvalue weighted by Gasteiger charge is -2.22. The van der Waals surface area contributed by atoms with Crippen LogP contribution >= 0.6 is 0 Å². The van der Waals surface area contributed by atoms with Gasteiger partial charge in [-0.3, -0.25) is 14.3 Å². The molecule has 0 unspecified atom stereocenters. The quantitative estimate of drug-likeness (QED) is 0.840. The minimum atomic E-state index is -0.925.